The van der Waals surface area contributed by atoms with Gasteiger partial charge in [0.15, 0.2) is 11.1 Å². The molecule has 2 N–H and O–H groups in total. The van der Waals surface area contributed by atoms with Crippen molar-refractivity contribution in [3.8, 4) is 0 Å². The van der Waals surface area contributed by atoms with Crippen molar-refractivity contribution in [2.24, 2.45) is 4.99 Å². The van der Waals surface area contributed by atoms with Gasteiger partial charge in [-0.1, -0.05) is 12.1 Å². The van der Waals surface area contributed by atoms with Gasteiger partial charge in [-0.15, -0.1) is 11.3 Å². The quantitative estimate of drug-likeness (QED) is 0.378. The summed E-state index contributed by atoms with van der Waals surface area (Å²) in [5.74, 6) is 0.656. The molecule has 164 valence electrons. The second-order valence-corrected chi connectivity index (χ2v) is 8.34. The van der Waals surface area contributed by atoms with Gasteiger partial charge < -0.3 is 20.4 Å². The molecule has 0 spiro atoms. The molecule has 30 heavy (non-hydrogen) atoms. The van der Waals surface area contributed by atoms with Crippen LogP contribution in [0.2, 0.25) is 0 Å². The molecule has 0 amide bonds. The molecule has 2 aromatic rings. The van der Waals surface area contributed by atoms with Crippen LogP contribution in [-0.2, 0) is 6.54 Å². The van der Waals surface area contributed by atoms with E-state index in [1.54, 1.807) is 24.5 Å². The Morgan fingerprint density at radius 2 is 1.97 bits per heavy atom. The first-order valence-electron chi connectivity index (χ1n) is 10.3. The lowest BCUT2D eigenvalue weighted by Gasteiger charge is -2.36. The highest BCUT2D eigenvalue weighted by Gasteiger charge is 2.18. The minimum Gasteiger partial charge on any atom is -0.367 e. The van der Waals surface area contributed by atoms with Crippen LogP contribution in [0.25, 0.3) is 0 Å². The molecule has 1 aliphatic rings. The number of aromatic nitrogens is 1. The van der Waals surface area contributed by atoms with Gasteiger partial charge >= 0.3 is 0 Å². The zero-order valence-corrected chi connectivity index (χ0v) is 18.9. The van der Waals surface area contributed by atoms with Gasteiger partial charge in [0.1, 0.15) is 5.82 Å². The molecule has 1 fully saturated rings. The Kier molecular flexibility index (Phi) is 8.27. The van der Waals surface area contributed by atoms with Crippen molar-refractivity contribution in [2.75, 3.05) is 70.2 Å². The standard InChI is InChI=1S/C21H32FN7S/c1-23-20(25-15-17-16-30-21(26-17)27(2)3)24-9-6-10-28-11-13-29(14-12-28)19-8-5-4-7-18(19)22/h4-5,7-8,16H,6,9-15H2,1-3H3,(H2,23,24,25). The van der Waals surface area contributed by atoms with E-state index in [1.165, 1.54) is 6.07 Å². The Labute approximate surface area is 182 Å². The number of benzene rings is 1. The summed E-state index contributed by atoms with van der Waals surface area (Å²) in [6.07, 6.45) is 1.03. The monoisotopic (exact) mass is 433 g/mol. The third-order valence-corrected chi connectivity index (χ3v) is 6.15. The Bertz CT molecular complexity index is 815. The number of nitrogens with one attached hydrogen (secondary N) is 2. The first-order chi connectivity index (χ1) is 14.6. The fourth-order valence-corrected chi connectivity index (χ4v) is 4.17. The van der Waals surface area contributed by atoms with Crippen LogP contribution in [0.3, 0.4) is 0 Å². The summed E-state index contributed by atoms with van der Waals surface area (Å²) < 4.78 is 14.0. The number of halogens is 1. The van der Waals surface area contributed by atoms with E-state index in [2.05, 4.69) is 35.8 Å². The molecule has 0 bridgehead atoms. The fourth-order valence-electron chi connectivity index (χ4n) is 3.41. The largest absolute Gasteiger partial charge is 0.367 e. The van der Waals surface area contributed by atoms with Crippen LogP contribution in [0, 0.1) is 5.82 Å². The number of guanidine groups is 1. The molecular weight excluding hydrogens is 401 g/mol. The number of hydrogen-bond donors (Lipinski definition) is 2. The molecule has 1 saturated heterocycles. The molecule has 0 unspecified atom stereocenters. The predicted molar refractivity (Wildman–Crippen MR) is 124 cm³/mol. The maximum Gasteiger partial charge on any atom is 0.191 e. The number of piperazine rings is 1. The molecule has 0 atom stereocenters. The van der Waals surface area contributed by atoms with Crippen molar-refractivity contribution in [1.29, 1.82) is 0 Å². The zero-order chi connectivity index (χ0) is 21.3. The molecule has 2 heterocycles. The SMILES string of the molecule is CN=C(NCCCN1CCN(c2ccccc2F)CC1)NCc1csc(N(C)C)n1. The van der Waals surface area contributed by atoms with Crippen molar-refractivity contribution in [1.82, 2.24) is 20.5 Å². The lowest BCUT2D eigenvalue weighted by Crippen LogP contribution is -2.47. The van der Waals surface area contributed by atoms with Crippen LogP contribution in [0.1, 0.15) is 12.1 Å². The molecule has 1 aromatic heterocycles. The van der Waals surface area contributed by atoms with Crippen LogP contribution < -0.4 is 20.4 Å². The molecule has 0 saturated carbocycles. The van der Waals surface area contributed by atoms with E-state index in [4.69, 9.17) is 0 Å². The molecule has 1 aliphatic heterocycles. The molecular formula is C21H32FN7S. The average Bonchev–Trinajstić information content (AvgIpc) is 3.24. The number of nitrogens with zero attached hydrogens (tertiary/aromatic N) is 5. The lowest BCUT2D eigenvalue weighted by atomic mass is 10.2. The first-order valence-corrected chi connectivity index (χ1v) is 11.2. The van der Waals surface area contributed by atoms with Gasteiger partial charge in [0.25, 0.3) is 0 Å². The van der Waals surface area contributed by atoms with E-state index in [0.717, 1.165) is 62.5 Å². The second-order valence-electron chi connectivity index (χ2n) is 7.50. The predicted octanol–water partition coefficient (Wildman–Crippen LogP) is 2.23. The second kappa shape index (κ2) is 11.1. The number of thiazole rings is 1. The van der Waals surface area contributed by atoms with Gasteiger partial charge in [-0.25, -0.2) is 9.37 Å². The summed E-state index contributed by atoms with van der Waals surface area (Å²) in [4.78, 5) is 15.4. The van der Waals surface area contributed by atoms with Gasteiger partial charge in [0.2, 0.25) is 0 Å². The molecule has 1 aromatic carbocycles. The number of hydrogen-bond acceptors (Lipinski definition) is 6. The number of aliphatic imine (C=N–C) groups is 1. The topological polar surface area (TPSA) is 59.0 Å². The van der Waals surface area contributed by atoms with Crippen molar-refractivity contribution in [2.45, 2.75) is 13.0 Å². The number of para-hydroxylation sites is 1. The normalized spacial score (nSPS) is 15.3. The minimum atomic E-state index is -0.135. The van der Waals surface area contributed by atoms with E-state index in [0.29, 0.717) is 12.2 Å². The Balaban J connectivity index is 1.32. The van der Waals surface area contributed by atoms with Crippen molar-refractivity contribution >= 4 is 28.1 Å². The van der Waals surface area contributed by atoms with Gasteiger partial charge in [-0.05, 0) is 25.1 Å². The van der Waals surface area contributed by atoms with E-state index in [-0.39, 0.29) is 5.82 Å². The summed E-state index contributed by atoms with van der Waals surface area (Å²) >= 11 is 1.64. The highest BCUT2D eigenvalue weighted by molar-refractivity contribution is 7.13. The highest BCUT2D eigenvalue weighted by atomic mass is 32.1. The zero-order valence-electron chi connectivity index (χ0n) is 18.1. The lowest BCUT2D eigenvalue weighted by molar-refractivity contribution is 0.254. The number of rotatable bonds is 8. The van der Waals surface area contributed by atoms with E-state index in [9.17, 15) is 4.39 Å². The fraction of sp³-hybridized carbons (Fsp3) is 0.524. The Hall–Kier alpha value is -2.39. The van der Waals surface area contributed by atoms with Crippen LogP contribution in [0.5, 0.6) is 0 Å². The first kappa shape index (κ1) is 22.3. The van der Waals surface area contributed by atoms with E-state index in [1.807, 2.05) is 31.1 Å². The van der Waals surface area contributed by atoms with Gasteiger partial charge in [-0.3, -0.25) is 9.89 Å². The number of anilines is 2. The summed E-state index contributed by atoms with van der Waals surface area (Å²) in [5, 5.41) is 9.75. The maximum absolute atomic E-state index is 14.0. The van der Waals surface area contributed by atoms with Gasteiger partial charge in [0.05, 0.1) is 17.9 Å². The Morgan fingerprint density at radius 1 is 1.20 bits per heavy atom. The van der Waals surface area contributed by atoms with Crippen molar-refractivity contribution in [3.05, 3.63) is 41.2 Å². The molecule has 9 heteroatoms. The van der Waals surface area contributed by atoms with Crippen LogP contribution in [0.4, 0.5) is 15.2 Å². The summed E-state index contributed by atoms with van der Waals surface area (Å²) in [7, 11) is 5.77. The average molecular weight is 434 g/mol. The minimum absolute atomic E-state index is 0.135. The van der Waals surface area contributed by atoms with Crippen LogP contribution in [0.15, 0.2) is 34.6 Å². The van der Waals surface area contributed by atoms with Crippen molar-refractivity contribution < 1.29 is 4.39 Å². The van der Waals surface area contributed by atoms with Crippen LogP contribution >= 0.6 is 11.3 Å². The third kappa shape index (κ3) is 6.30. The highest BCUT2D eigenvalue weighted by Crippen LogP contribution is 2.20. The van der Waals surface area contributed by atoms with Gasteiger partial charge in [0, 0.05) is 59.2 Å². The van der Waals surface area contributed by atoms with Crippen molar-refractivity contribution in [3.63, 3.8) is 0 Å². The Morgan fingerprint density at radius 3 is 2.63 bits per heavy atom. The smallest absolute Gasteiger partial charge is 0.191 e. The molecule has 0 radical (unpaired) electrons. The van der Waals surface area contributed by atoms with E-state index >= 15 is 0 Å². The van der Waals surface area contributed by atoms with Gasteiger partial charge in [-0.2, -0.15) is 0 Å². The summed E-state index contributed by atoms with van der Waals surface area (Å²) in [6.45, 7) is 6.17. The molecule has 7 nitrogen and oxygen atoms in total. The maximum atomic E-state index is 14.0. The summed E-state index contributed by atoms with van der Waals surface area (Å²) in [6, 6.07) is 7.03. The van der Waals surface area contributed by atoms with Crippen LogP contribution in [-0.4, -0.2) is 76.3 Å². The third-order valence-electron chi connectivity index (χ3n) is 5.09. The summed E-state index contributed by atoms with van der Waals surface area (Å²) in [5.41, 5.74) is 1.73. The van der Waals surface area contributed by atoms with E-state index < -0.39 is 0 Å². The molecule has 0 aliphatic carbocycles. The molecule has 3 rings (SSSR count).